The van der Waals surface area contributed by atoms with Gasteiger partial charge in [0.05, 0.1) is 0 Å². The molecule has 0 radical (unpaired) electrons. The van der Waals surface area contributed by atoms with E-state index in [2.05, 4.69) is 84.5 Å². The van der Waals surface area contributed by atoms with Gasteiger partial charge in [-0.1, -0.05) is 36.4 Å². The average Bonchev–Trinajstić information content (AvgIpc) is 3.94. The Balaban J connectivity index is 1.02. The Morgan fingerprint density at radius 3 is 0.815 bits per heavy atom. The van der Waals surface area contributed by atoms with Gasteiger partial charge in [-0.3, -0.25) is 0 Å². The molecule has 0 saturated heterocycles. The van der Waals surface area contributed by atoms with Gasteiger partial charge < -0.3 is 13.3 Å². The molecule has 0 saturated carbocycles. The molecule has 0 spiro atoms. The molecule has 258 valence electrons. The van der Waals surface area contributed by atoms with Crippen LogP contribution in [0.15, 0.2) is 141 Å². The van der Waals surface area contributed by atoms with Gasteiger partial charge in [0.1, 0.15) is 0 Å². The number of aryl methyl sites for hydroxylation is 3. The van der Waals surface area contributed by atoms with E-state index in [4.69, 9.17) is 13.3 Å². The van der Waals surface area contributed by atoms with Crippen molar-refractivity contribution < 1.29 is 13.3 Å². The highest BCUT2D eigenvalue weighted by atomic mass is 16.4. The molecule has 9 heteroatoms. The molecule has 0 aliphatic heterocycles. The van der Waals surface area contributed by atoms with E-state index < -0.39 is 0 Å². The summed E-state index contributed by atoms with van der Waals surface area (Å²) in [7, 11) is 0. The highest BCUT2D eigenvalue weighted by Crippen LogP contribution is 2.36. The number of hydrogen-bond donors (Lipinski definition) is 0. The zero-order chi connectivity index (χ0) is 36.3. The standard InChI is InChI=1S/C45H30N6O3/c1-25-4-19-37-40(46-25)49-43(52-37)31-13-7-28(8-14-31)34-22-35(29-9-15-32(16-10-29)44-50-41-38(53-44)20-5-26(2)47-41)24-36(23-34)30-11-17-33(18-12-30)45-51-42-39(54-45)21-6-27(3)48-42/h4-24H,1-3H3. The average molecular weight is 703 g/mol. The molecule has 10 rings (SSSR count). The van der Waals surface area contributed by atoms with Crippen molar-refractivity contribution in [2.24, 2.45) is 0 Å². The highest BCUT2D eigenvalue weighted by molar-refractivity contribution is 5.84. The quantitative estimate of drug-likeness (QED) is 0.167. The number of pyridine rings is 3. The highest BCUT2D eigenvalue weighted by Gasteiger charge is 2.15. The van der Waals surface area contributed by atoms with Gasteiger partial charge in [0, 0.05) is 33.8 Å². The van der Waals surface area contributed by atoms with Crippen molar-refractivity contribution in [3.63, 3.8) is 0 Å². The molecule has 0 fully saturated rings. The fourth-order valence-corrected chi connectivity index (χ4v) is 6.65. The molecule has 6 aromatic heterocycles. The first-order valence-electron chi connectivity index (χ1n) is 17.6. The third-order valence-electron chi connectivity index (χ3n) is 9.51. The SMILES string of the molecule is Cc1ccc2oc(-c3ccc(-c4cc(-c5ccc(-c6nc7nc(C)ccc7o6)cc5)cc(-c5ccc(-c6nc7nc(C)ccc7o6)cc5)c4)cc3)nc2n1. The first-order chi connectivity index (χ1) is 26.4. The molecule has 0 aliphatic carbocycles. The van der Waals surface area contributed by atoms with Crippen molar-refractivity contribution in [3.8, 4) is 67.7 Å². The van der Waals surface area contributed by atoms with E-state index in [0.29, 0.717) is 51.4 Å². The monoisotopic (exact) mass is 702 g/mol. The molecule has 10 aromatic rings. The minimum Gasteiger partial charge on any atom is -0.434 e. The third-order valence-corrected chi connectivity index (χ3v) is 9.51. The predicted octanol–water partition coefficient (Wildman–Crippen LogP) is 11.2. The summed E-state index contributed by atoms with van der Waals surface area (Å²) in [5.74, 6) is 1.62. The van der Waals surface area contributed by atoms with Gasteiger partial charge in [0.15, 0.2) is 33.7 Å². The van der Waals surface area contributed by atoms with E-state index in [9.17, 15) is 0 Å². The minimum absolute atomic E-state index is 0.541. The number of hydrogen-bond acceptors (Lipinski definition) is 9. The lowest BCUT2D eigenvalue weighted by molar-refractivity contribution is 0.619. The van der Waals surface area contributed by atoms with Gasteiger partial charge in [-0.15, -0.1) is 0 Å². The van der Waals surface area contributed by atoms with Crippen molar-refractivity contribution in [1.29, 1.82) is 0 Å². The van der Waals surface area contributed by atoms with Crippen LogP contribution in [0, 0.1) is 20.8 Å². The molecular weight excluding hydrogens is 673 g/mol. The number of oxazole rings is 3. The molecule has 0 unspecified atom stereocenters. The van der Waals surface area contributed by atoms with Crippen LogP contribution in [0.4, 0.5) is 0 Å². The van der Waals surface area contributed by atoms with Crippen LogP contribution < -0.4 is 0 Å². The summed E-state index contributed by atoms with van der Waals surface area (Å²) in [6, 6.07) is 43.0. The Bertz CT molecular complexity index is 2670. The van der Waals surface area contributed by atoms with Crippen molar-refractivity contribution in [2.45, 2.75) is 20.8 Å². The molecule has 6 heterocycles. The van der Waals surface area contributed by atoms with Gasteiger partial charge in [-0.05, 0) is 145 Å². The lowest BCUT2D eigenvalue weighted by atomic mass is 9.92. The molecule has 0 aliphatic rings. The summed E-state index contributed by atoms with van der Waals surface area (Å²) in [6.45, 7) is 5.83. The fraction of sp³-hybridized carbons (Fsp3) is 0.0667. The number of rotatable bonds is 6. The van der Waals surface area contributed by atoms with Crippen LogP contribution in [-0.2, 0) is 0 Å². The number of benzene rings is 4. The topological polar surface area (TPSA) is 117 Å². The molecule has 4 aromatic carbocycles. The second-order valence-electron chi connectivity index (χ2n) is 13.4. The lowest BCUT2D eigenvalue weighted by Crippen LogP contribution is -1.88. The number of fused-ring (bicyclic) bond motifs is 3. The van der Waals surface area contributed by atoms with Crippen LogP contribution in [0.1, 0.15) is 17.1 Å². The predicted molar refractivity (Wildman–Crippen MR) is 209 cm³/mol. The third kappa shape index (κ3) is 5.78. The molecular formula is C45H30N6O3. The first kappa shape index (κ1) is 31.5. The molecule has 0 atom stereocenters. The Kier molecular flexibility index (Phi) is 7.26. The van der Waals surface area contributed by atoms with E-state index in [1.807, 2.05) is 93.6 Å². The Morgan fingerprint density at radius 2 is 0.537 bits per heavy atom. The summed E-state index contributed by atoms with van der Waals surface area (Å²) in [5.41, 5.74) is 15.5. The van der Waals surface area contributed by atoms with E-state index in [-0.39, 0.29) is 0 Å². The maximum atomic E-state index is 6.03. The number of aromatic nitrogens is 6. The minimum atomic E-state index is 0.541. The van der Waals surface area contributed by atoms with Gasteiger partial charge in [-0.2, -0.15) is 15.0 Å². The Hall–Kier alpha value is -7.26. The van der Waals surface area contributed by atoms with Crippen LogP contribution in [-0.4, -0.2) is 29.9 Å². The summed E-state index contributed by atoms with van der Waals surface area (Å²) >= 11 is 0. The van der Waals surface area contributed by atoms with E-state index in [1.54, 1.807) is 0 Å². The van der Waals surface area contributed by atoms with Crippen molar-refractivity contribution in [3.05, 3.63) is 144 Å². The zero-order valence-electron chi connectivity index (χ0n) is 29.5. The van der Waals surface area contributed by atoms with Crippen molar-refractivity contribution in [2.75, 3.05) is 0 Å². The van der Waals surface area contributed by atoms with Gasteiger partial charge in [-0.25, -0.2) is 15.0 Å². The summed E-state index contributed by atoms with van der Waals surface area (Å²) < 4.78 is 18.1. The largest absolute Gasteiger partial charge is 0.434 e. The van der Waals surface area contributed by atoms with Crippen LogP contribution in [0.25, 0.3) is 101 Å². The molecule has 9 nitrogen and oxygen atoms in total. The number of nitrogens with zero attached hydrogens (tertiary/aromatic N) is 6. The van der Waals surface area contributed by atoms with E-state index in [1.165, 1.54) is 0 Å². The first-order valence-corrected chi connectivity index (χ1v) is 17.6. The molecule has 0 amide bonds. The molecule has 0 bridgehead atoms. The van der Waals surface area contributed by atoms with Crippen LogP contribution in [0.2, 0.25) is 0 Å². The Morgan fingerprint density at radius 1 is 0.278 bits per heavy atom. The summed E-state index contributed by atoms with van der Waals surface area (Å²) in [5, 5.41) is 0. The normalized spacial score (nSPS) is 11.6. The fourth-order valence-electron chi connectivity index (χ4n) is 6.65. The second kappa shape index (κ2) is 12.5. The lowest BCUT2D eigenvalue weighted by Gasteiger charge is -2.12. The zero-order valence-corrected chi connectivity index (χ0v) is 29.5. The van der Waals surface area contributed by atoms with Crippen LogP contribution >= 0.6 is 0 Å². The summed E-state index contributed by atoms with van der Waals surface area (Å²) in [6.07, 6.45) is 0. The van der Waals surface area contributed by atoms with Crippen LogP contribution in [0.3, 0.4) is 0 Å². The van der Waals surface area contributed by atoms with Gasteiger partial charge >= 0.3 is 0 Å². The van der Waals surface area contributed by atoms with Gasteiger partial charge in [0.25, 0.3) is 0 Å². The molecule has 0 N–H and O–H groups in total. The summed E-state index contributed by atoms with van der Waals surface area (Å²) in [4.78, 5) is 27.4. The maximum absolute atomic E-state index is 6.03. The Labute approximate surface area is 309 Å². The second-order valence-corrected chi connectivity index (χ2v) is 13.4. The van der Waals surface area contributed by atoms with Gasteiger partial charge in [0.2, 0.25) is 17.7 Å². The molecule has 54 heavy (non-hydrogen) atoms. The van der Waals surface area contributed by atoms with E-state index >= 15 is 0 Å². The van der Waals surface area contributed by atoms with Crippen LogP contribution in [0.5, 0.6) is 0 Å². The van der Waals surface area contributed by atoms with Crippen molar-refractivity contribution >= 4 is 33.7 Å². The maximum Gasteiger partial charge on any atom is 0.228 e. The van der Waals surface area contributed by atoms with Crippen molar-refractivity contribution in [1.82, 2.24) is 29.9 Å². The van der Waals surface area contributed by atoms with E-state index in [0.717, 1.165) is 67.2 Å². The smallest absolute Gasteiger partial charge is 0.228 e.